The fourth-order valence-corrected chi connectivity index (χ4v) is 4.58. The van der Waals surface area contributed by atoms with Crippen molar-refractivity contribution in [2.75, 3.05) is 30.3 Å². The number of nitrogens with one attached hydrogen (secondary N) is 1. The molecule has 14 heteroatoms. The van der Waals surface area contributed by atoms with Gasteiger partial charge in [0.05, 0.1) is 39.8 Å². The van der Waals surface area contributed by atoms with E-state index in [1.807, 2.05) is 4.90 Å². The van der Waals surface area contributed by atoms with Gasteiger partial charge >= 0.3 is 5.69 Å². The van der Waals surface area contributed by atoms with E-state index in [0.29, 0.717) is 47.0 Å². The number of carbonyl (C=O) groups excluding carboxylic acids is 1. The molecule has 0 saturated carbocycles. The van der Waals surface area contributed by atoms with Crippen molar-refractivity contribution in [3.8, 4) is 5.69 Å². The number of rotatable bonds is 6. The number of anilines is 2. The van der Waals surface area contributed by atoms with E-state index in [2.05, 4.69) is 20.6 Å². The number of pyridine rings is 1. The summed E-state index contributed by atoms with van der Waals surface area (Å²) in [5, 5.41) is 20.8. The van der Waals surface area contributed by atoms with E-state index in [-0.39, 0.29) is 41.5 Å². The number of hydrogen-bond donors (Lipinski definition) is 3. The molecule has 0 spiro atoms. The molecule has 1 fully saturated rings. The van der Waals surface area contributed by atoms with E-state index in [1.165, 1.54) is 23.2 Å². The molecule has 1 aromatic carbocycles. The molecule has 4 aromatic rings. The molecule has 5 rings (SSSR count). The van der Waals surface area contributed by atoms with E-state index in [0.717, 1.165) is 4.68 Å². The summed E-state index contributed by atoms with van der Waals surface area (Å²) in [4.78, 5) is 31.6. The first-order valence-corrected chi connectivity index (χ1v) is 11.4. The fourth-order valence-electron chi connectivity index (χ4n) is 4.09. The lowest BCUT2D eigenvalue weighted by Crippen LogP contribution is -2.37. The predicted molar refractivity (Wildman–Crippen MR) is 129 cm³/mol. The van der Waals surface area contributed by atoms with Gasteiger partial charge in [0, 0.05) is 25.3 Å². The average molecular weight is 519 g/mol. The lowest BCUT2D eigenvalue weighted by molar-refractivity contribution is 0.0940. The third kappa shape index (κ3) is 4.20. The van der Waals surface area contributed by atoms with E-state index < -0.39 is 5.69 Å². The molecule has 1 aliphatic rings. The third-order valence-corrected chi connectivity index (χ3v) is 6.40. The summed E-state index contributed by atoms with van der Waals surface area (Å²) in [6, 6.07) is 4.52. The monoisotopic (exact) mass is 518 g/mol. The van der Waals surface area contributed by atoms with Crippen LogP contribution in [0.4, 0.5) is 11.6 Å². The molecule has 0 bridgehead atoms. The number of benzene rings is 1. The number of aliphatic hydroxyl groups is 1. The maximum atomic E-state index is 12.9. The lowest BCUT2D eigenvalue weighted by atomic mass is 10.1. The lowest BCUT2D eigenvalue weighted by Gasteiger charge is -2.18. The van der Waals surface area contributed by atoms with Crippen molar-refractivity contribution in [3.63, 3.8) is 0 Å². The number of aromatic nitrogens is 5. The molecule has 3 aromatic heterocycles. The number of halogens is 2. The summed E-state index contributed by atoms with van der Waals surface area (Å²) in [6.45, 7) is 0.994. The second kappa shape index (κ2) is 9.21. The third-order valence-electron chi connectivity index (χ3n) is 5.80. The van der Waals surface area contributed by atoms with Gasteiger partial charge in [-0.05, 0) is 24.6 Å². The highest BCUT2D eigenvalue weighted by molar-refractivity contribution is 6.36. The second-order valence-corrected chi connectivity index (χ2v) is 8.82. The van der Waals surface area contributed by atoms with Gasteiger partial charge in [-0.15, -0.1) is 0 Å². The van der Waals surface area contributed by atoms with Gasteiger partial charge in [0.2, 0.25) is 5.58 Å². The van der Waals surface area contributed by atoms with Crippen molar-refractivity contribution in [3.05, 3.63) is 56.8 Å². The Morgan fingerprint density at radius 2 is 2.14 bits per heavy atom. The van der Waals surface area contributed by atoms with Crippen LogP contribution in [-0.2, 0) is 6.54 Å². The number of fused-ring (bicyclic) bond motifs is 1. The number of nitrogens with zero attached hydrogens (tertiary/aromatic N) is 6. The molecule has 35 heavy (non-hydrogen) atoms. The molecule has 4 N–H and O–H groups in total. The summed E-state index contributed by atoms with van der Waals surface area (Å²) < 4.78 is 7.76. The summed E-state index contributed by atoms with van der Waals surface area (Å²) in [7, 11) is 0. The van der Waals surface area contributed by atoms with Crippen LogP contribution in [0.25, 0.3) is 16.7 Å². The number of aliphatic hydroxyl groups excluding tert-OH is 1. The number of hydrogen-bond acceptors (Lipinski definition) is 9. The van der Waals surface area contributed by atoms with Crippen LogP contribution >= 0.6 is 23.2 Å². The standard InChI is InChI=1S/C21H20Cl2N8O4/c22-14-7-12(30-10-26-31(5-6-32)21(30)34)1-2-13(14)20(33)27-11-3-4-29(9-11)19-17-16(15(23)8-25-19)18(24)28-35-17/h1-2,7-8,10-11,32H,3-6,9H2,(H2,24,28)(H,27,33)/t11-/m1/s1. The highest BCUT2D eigenvalue weighted by Crippen LogP contribution is 2.35. The number of carbonyl (C=O) groups is 1. The molecule has 1 aliphatic heterocycles. The zero-order valence-electron chi connectivity index (χ0n) is 18.2. The predicted octanol–water partition coefficient (Wildman–Crippen LogP) is 1.46. The Kier molecular flexibility index (Phi) is 6.09. The Bertz CT molecular complexity index is 1480. The summed E-state index contributed by atoms with van der Waals surface area (Å²) in [5.74, 6) is 0.411. The smallest absolute Gasteiger partial charge is 0.350 e. The van der Waals surface area contributed by atoms with E-state index in [9.17, 15) is 9.59 Å². The van der Waals surface area contributed by atoms with Crippen LogP contribution < -0.4 is 21.6 Å². The van der Waals surface area contributed by atoms with Gasteiger partial charge in [-0.1, -0.05) is 28.4 Å². The van der Waals surface area contributed by atoms with Crippen LogP contribution in [0.3, 0.4) is 0 Å². The first-order chi connectivity index (χ1) is 16.9. The molecular weight excluding hydrogens is 499 g/mol. The van der Waals surface area contributed by atoms with Gasteiger partial charge in [-0.25, -0.2) is 19.0 Å². The van der Waals surface area contributed by atoms with Crippen molar-refractivity contribution in [2.24, 2.45) is 0 Å². The van der Waals surface area contributed by atoms with Crippen LogP contribution in [0.1, 0.15) is 16.8 Å². The van der Waals surface area contributed by atoms with Crippen LogP contribution in [-0.4, -0.2) is 61.2 Å². The maximum Gasteiger partial charge on any atom is 0.350 e. The van der Waals surface area contributed by atoms with Gasteiger partial charge in [0.25, 0.3) is 5.91 Å². The van der Waals surface area contributed by atoms with Crippen LogP contribution in [0.15, 0.2) is 40.0 Å². The first-order valence-electron chi connectivity index (χ1n) is 10.7. The van der Waals surface area contributed by atoms with E-state index in [1.54, 1.807) is 12.1 Å². The topological polar surface area (TPSA) is 157 Å². The highest BCUT2D eigenvalue weighted by Gasteiger charge is 2.29. The summed E-state index contributed by atoms with van der Waals surface area (Å²) >= 11 is 12.6. The zero-order chi connectivity index (χ0) is 24.7. The van der Waals surface area contributed by atoms with Gasteiger partial charge in [0.15, 0.2) is 11.6 Å². The number of amides is 1. The first kappa shape index (κ1) is 23.1. The van der Waals surface area contributed by atoms with E-state index >= 15 is 0 Å². The molecule has 0 radical (unpaired) electrons. The highest BCUT2D eigenvalue weighted by atomic mass is 35.5. The van der Waals surface area contributed by atoms with Crippen molar-refractivity contribution in [2.45, 2.75) is 19.0 Å². The second-order valence-electron chi connectivity index (χ2n) is 8.00. The van der Waals surface area contributed by atoms with Gasteiger partial charge < -0.3 is 25.6 Å². The Morgan fingerprint density at radius 3 is 2.91 bits per heavy atom. The molecule has 1 saturated heterocycles. The van der Waals surface area contributed by atoms with Gasteiger partial charge in [0.1, 0.15) is 6.33 Å². The zero-order valence-corrected chi connectivity index (χ0v) is 19.7. The SMILES string of the molecule is Nc1noc2c(N3CC[C@@H](NC(=O)c4ccc(-n5cnn(CCO)c5=O)cc4Cl)C3)ncc(Cl)c12. The van der Waals surface area contributed by atoms with Crippen LogP contribution in [0, 0.1) is 0 Å². The molecule has 12 nitrogen and oxygen atoms in total. The summed E-state index contributed by atoms with van der Waals surface area (Å²) in [6.07, 6.45) is 3.51. The summed E-state index contributed by atoms with van der Waals surface area (Å²) in [5.41, 5.74) is 6.56. The quantitative estimate of drug-likeness (QED) is 0.343. The minimum atomic E-state index is -0.420. The molecule has 4 heterocycles. The number of nitrogens with two attached hydrogens (primary N) is 1. The fraction of sp³-hybridized carbons (Fsp3) is 0.286. The molecule has 182 valence electrons. The van der Waals surface area contributed by atoms with Crippen molar-refractivity contribution >= 4 is 51.7 Å². The Morgan fingerprint density at radius 1 is 1.31 bits per heavy atom. The molecular formula is C21H20Cl2N8O4. The Labute approximate surface area is 207 Å². The number of nitrogen functional groups attached to an aromatic ring is 1. The van der Waals surface area contributed by atoms with Crippen molar-refractivity contribution in [1.29, 1.82) is 0 Å². The van der Waals surface area contributed by atoms with Gasteiger partial charge in [-0.2, -0.15) is 5.10 Å². The average Bonchev–Trinajstić information content (AvgIpc) is 3.54. The minimum absolute atomic E-state index is 0.0827. The molecule has 1 atom stereocenters. The molecule has 0 aliphatic carbocycles. The Hall–Kier alpha value is -3.61. The Balaban J connectivity index is 1.29. The van der Waals surface area contributed by atoms with Crippen LogP contribution in [0.5, 0.6) is 0 Å². The molecule has 0 unspecified atom stereocenters. The van der Waals surface area contributed by atoms with Crippen molar-refractivity contribution < 1.29 is 14.4 Å². The minimum Gasteiger partial charge on any atom is -0.394 e. The van der Waals surface area contributed by atoms with Crippen molar-refractivity contribution in [1.82, 2.24) is 29.8 Å². The maximum absolute atomic E-state index is 12.9. The largest absolute Gasteiger partial charge is 0.394 e. The van der Waals surface area contributed by atoms with Crippen LogP contribution in [0.2, 0.25) is 10.0 Å². The normalized spacial score (nSPS) is 15.7. The molecule has 1 amide bonds. The van der Waals surface area contributed by atoms with E-state index in [4.69, 9.17) is 38.6 Å². The van der Waals surface area contributed by atoms with Gasteiger partial charge in [-0.3, -0.25) is 4.79 Å².